The second-order valence-electron chi connectivity index (χ2n) is 0.794. The first-order valence-corrected chi connectivity index (χ1v) is 1.57. The van der Waals surface area contributed by atoms with E-state index in [2.05, 4.69) is 15.0 Å². The van der Waals surface area contributed by atoms with Crippen LogP contribution in [0.4, 0.5) is 0 Å². The minimum atomic E-state index is 1.39. The van der Waals surface area contributed by atoms with E-state index in [4.69, 9.17) is 0 Å². The molecular weight excluding hydrogens is 76.9 g/mol. The molecule has 28 valence electrons. The van der Waals surface area contributed by atoms with E-state index in [0.717, 1.165) is 0 Å². The van der Waals surface area contributed by atoms with E-state index in [1.165, 1.54) is 13.4 Å². The van der Waals surface area contributed by atoms with Gasteiger partial charge in [-0.1, -0.05) is 0 Å². The number of hydrogen-bond donors (Lipinski definition) is 0. The summed E-state index contributed by atoms with van der Waals surface area (Å²) in [6.07, 6.45) is 3.10. The summed E-state index contributed by atoms with van der Waals surface area (Å²) in [5.41, 5.74) is 0. The SMILES string of the molecule is b1nccnn1. The molecule has 0 aliphatic rings. The van der Waals surface area contributed by atoms with Gasteiger partial charge in [0.15, 0.2) is 0 Å². The molecule has 0 fully saturated rings. The molecule has 0 saturated carbocycles. The first-order valence-electron chi connectivity index (χ1n) is 1.57. The molecule has 0 N–H and O–H groups in total. The minimum absolute atomic E-state index is 1.39. The molecule has 0 aliphatic heterocycles. The molecule has 0 aromatic carbocycles. The van der Waals surface area contributed by atoms with Gasteiger partial charge in [0.25, 0.3) is 0 Å². The third-order valence-electron chi connectivity index (χ3n) is 0.404. The fourth-order valence-corrected chi connectivity index (χ4v) is 0.205. The normalized spacial score (nSPS) is 7.33. The Balaban J connectivity index is 3.00. The van der Waals surface area contributed by atoms with Gasteiger partial charge >= 0.3 is 34.6 Å². The Kier molecular flexibility index (Phi) is 0.903. The van der Waals surface area contributed by atoms with Gasteiger partial charge in [-0.05, 0) is 0 Å². The second kappa shape index (κ2) is 1.59. The number of aromatic nitrogens is 3. The van der Waals surface area contributed by atoms with Gasteiger partial charge in [-0.2, -0.15) is 0 Å². The van der Waals surface area contributed by atoms with Crippen molar-refractivity contribution in [3.8, 4) is 0 Å². The third-order valence-corrected chi connectivity index (χ3v) is 0.404. The summed E-state index contributed by atoms with van der Waals surface area (Å²) in [6.45, 7) is 0. The summed E-state index contributed by atoms with van der Waals surface area (Å²) in [5.74, 6) is 0. The van der Waals surface area contributed by atoms with Crippen LogP contribution in [0, 0.1) is 0 Å². The molecule has 0 amide bonds. The molecule has 0 atom stereocenters. The summed E-state index contributed by atoms with van der Waals surface area (Å²) in [5, 5.41) is 6.90. The van der Waals surface area contributed by atoms with Crippen molar-refractivity contribution in [2.24, 2.45) is 0 Å². The van der Waals surface area contributed by atoms with Crippen molar-refractivity contribution in [1.82, 2.24) is 15.0 Å². The van der Waals surface area contributed by atoms with Crippen LogP contribution in [0.15, 0.2) is 12.4 Å². The van der Waals surface area contributed by atoms with Crippen LogP contribution in [0.1, 0.15) is 0 Å². The van der Waals surface area contributed by atoms with Crippen molar-refractivity contribution in [1.29, 1.82) is 0 Å². The van der Waals surface area contributed by atoms with E-state index >= 15 is 0 Å². The molecular formula is C2H2BN3. The maximum absolute atomic E-state index is 3.61. The van der Waals surface area contributed by atoms with Crippen molar-refractivity contribution >= 4 is 7.19 Å². The van der Waals surface area contributed by atoms with Crippen molar-refractivity contribution < 1.29 is 0 Å². The molecule has 1 rings (SSSR count). The first-order chi connectivity index (χ1) is 3.00. The summed E-state index contributed by atoms with van der Waals surface area (Å²) in [4.78, 5) is 3.61. The Morgan fingerprint density at radius 1 is 1.33 bits per heavy atom. The average molecular weight is 78.9 g/mol. The van der Waals surface area contributed by atoms with E-state index in [9.17, 15) is 0 Å². The molecule has 0 radical (unpaired) electrons. The van der Waals surface area contributed by atoms with E-state index in [1.807, 2.05) is 0 Å². The van der Waals surface area contributed by atoms with Gasteiger partial charge in [0, 0.05) is 0 Å². The molecule has 1 aromatic heterocycles. The van der Waals surface area contributed by atoms with Crippen molar-refractivity contribution in [2.45, 2.75) is 0 Å². The molecule has 0 unspecified atom stereocenters. The zero-order valence-corrected chi connectivity index (χ0v) is 3.07. The Labute approximate surface area is 35.7 Å². The van der Waals surface area contributed by atoms with Crippen LogP contribution in [0.2, 0.25) is 0 Å². The van der Waals surface area contributed by atoms with Crippen LogP contribution in [0.5, 0.6) is 0 Å². The number of rotatable bonds is 0. The van der Waals surface area contributed by atoms with Gasteiger partial charge in [-0.25, -0.2) is 0 Å². The molecule has 0 bridgehead atoms. The van der Waals surface area contributed by atoms with Crippen LogP contribution in [-0.4, -0.2) is 22.2 Å². The Morgan fingerprint density at radius 3 is 2.50 bits per heavy atom. The van der Waals surface area contributed by atoms with E-state index in [0.29, 0.717) is 0 Å². The summed E-state index contributed by atoms with van der Waals surface area (Å²) < 4.78 is 0. The van der Waals surface area contributed by atoms with E-state index < -0.39 is 0 Å². The predicted molar refractivity (Wildman–Crippen MR) is 21.2 cm³/mol. The van der Waals surface area contributed by atoms with Gasteiger partial charge in [0.2, 0.25) is 0 Å². The average Bonchev–Trinajstić information content (AvgIpc) is 1.72. The summed E-state index contributed by atoms with van der Waals surface area (Å²) >= 11 is 0. The predicted octanol–water partition coefficient (Wildman–Crippen LogP) is -0.790. The second-order valence-corrected chi connectivity index (χ2v) is 0.794. The maximum atomic E-state index is 3.61. The summed E-state index contributed by atoms with van der Waals surface area (Å²) in [7, 11) is 1.39. The van der Waals surface area contributed by atoms with Gasteiger partial charge in [-0.15, -0.1) is 0 Å². The number of nitrogens with zero attached hydrogens (tertiary/aromatic N) is 3. The Hall–Kier alpha value is -0.795. The standard InChI is InChI=1S/C2H2BN3/c1-2-5-6-3-4-1/h1-2H. The monoisotopic (exact) mass is 79.0 g/mol. The molecule has 6 heavy (non-hydrogen) atoms. The van der Waals surface area contributed by atoms with E-state index in [-0.39, 0.29) is 0 Å². The fourth-order valence-electron chi connectivity index (χ4n) is 0.205. The molecule has 4 heteroatoms. The van der Waals surface area contributed by atoms with Crippen LogP contribution in [0.3, 0.4) is 0 Å². The Bertz CT molecular complexity index is 80.7. The van der Waals surface area contributed by atoms with Crippen molar-refractivity contribution in [3.63, 3.8) is 0 Å². The fraction of sp³-hybridized carbons (Fsp3) is 0. The first kappa shape index (κ1) is 3.40. The number of hydrogen-bond acceptors (Lipinski definition) is 3. The van der Waals surface area contributed by atoms with Gasteiger partial charge < -0.3 is 0 Å². The van der Waals surface area contributed by atoms with Crippen LogP contribution in [-0.2, 0) is 0 Å². The zero-order chi connectivity index (χ0) is 4.24. The van der Waals surface area contributed by atoms with Gasteiger partial charge in [0.05, 0.1) is 0 Å². The van der Waals surface area contributed by atoms with E-state index in [1.54, 1.807) is 6.20 Å². The zero-order valence-electron chi connectivity index (χ0n) is 3.07. The van der Waals surface area contributed by atoms with Crippen LogP contribution in [0.25, 0.3) is 0 Å². The van der Waals surface area contributed by atoms with Gasteiger partial charge in [0.1, 0.15) is 0 Å². The molecule has 0 aliphatic carbocycles. The molecule has 3 nitrogen and oxygen atoms in total. The third kappa shape index (κ3) is 0.575. The topological polar surface area (TPSA) is 38.7 Å². The molecule has 1 aromatic rings. The quantitative estimate of drug-likeness (QED) is 0.409. The Morgan fingerprint density at radius 2 is 2.33 bits per heavy atom. The van der Waals surface area contributed by atoms with Crippen LogP contribution < -0.4 is 0 Å². The molecule has 0 spiro atoms. The van der Waals surface area contributed by atoms with Crippen LogP contribution >= 0.6 is 0 Å². The van der Waals surface area contributed by atoms with Crippen molar-refractivity contribution in [3.05, 3.63) is 12.4 Å². The van der Waals surface area contributed by atoms with Crippen molar-refractivity contribution in [2.75, 3.05) is 0 Å². The summed E-state index contributed by atoms with van der Waals surface area (Å²) in [6, 6.07) is 0. The molecule has 0 saturated heterocycles. The van der Waals surface area contributed by atoms with Gasteiger partial charge in [-0.3, -0.25) is 0 Å². The molecule has 1 heterocycles.